The highest BCUT2D eigenvalue weighted by atomic mass is 79.9. The molecule has 0 atom stereocenters. The van der Waals surface area contributed by atoms with E-state index in [1.165, 1.54) is 12.3 Å². The van der Waals surface area contributed by atoms with Crippen molar-refractivity contribution in [2.24, 2.45) is 0 Å². The van der Waals surface area contributed by atoms with Crippen molar-refractivity contribution in [2.75, 3.05) is 5.32 Å². The molecule has 0 saturated carbocycles. The molecule has 1 heterocycles. The lowest BCUT2D eigenvalue weighted by molar-refractivity contribution is 0.0696. The van der Waals surface area contributed by atoms with Crippen LogP contribution in [-0.2, 0) is 6.54 Å². The van der Waals surface area contributed by atoms with Gasteiger partial charge < -0.3 is 14.8 Å². The number of aromatic carboxylic acids is 1. The minimum absolute atomic E-state index is 0.162. The fourth-order valence-corrected chi connectivity index (χ4v) is 2.48. The number of nitrogens with one attached hydrogen (secondary N) is 1. The number of halogens is 1. The Morgan fingerprint density at radius 1 is 1.14 bits per heavy atom. The third-order valence-corrected chi connectivity index (χ3v) is 3.66. The quantitative estimate of drug-likeness (QED) is 0.730. The number of hydrogen-bond donors (Lipinski definition) is 2. The fourth-order valence-electron chi connectivity index (χ4n) is 2.10. The average molecular weight is 346 g/mol. The van der Waals surface area contributed by atoms with Crippen LogP contribution in [0.5, 0.6) is 0 Å². The zero-order valence-electron chi connectivity index (χ0n) is 11.0. The molecular weight excluding hydrogens is 334 g/mol. The van der Waals surface area contributed by atoms with Crippen molar-refractivity contribution < 1.29 is 14.3 Å². The van der Waals surface area contributed by atoms with Gasteiger partial charge in [0.1, 0.15) is 12.0 Å². The van der Waals surface area contributed by atoms with E-state index in [4.69, 9.17) is 9.52 Å². The summed E-state index contributed by atoms with van der Waals surface area (Å²) in [7, 11) is 0. The number of fused-ring (bicyclic) bond motifs is 1. The first kappa shape index (κ1) is 13.7. The van der Waals surface area contributed by atoms with Crippen LogP contribution in [0.15, 0.2) is 57.6 Å². The fraction of sp³-hybridized carbons (Fsp3) is 0.0625. The molecule has 0 aliphatic heterocycles. The molecule has 0 radical (unpaired) electrons. The summed E-state index contributed by atoms with van der Waals surface area (Å²) in [5.41, 5.74) is 1.12. The van der Waals surface area contributed by atoms with Gasteiger partial charge in [0, 0.05) is 10.2 Å². The minimum atomic E-state index is -0.985. The molecular formula is C16H12BrNO3. The molecule has 0 aliphatic rings. The third-order valence-electron chi connectivity index (χ3n) is 3.17. The van der Waals surface area contributed by atoms with Crippen LogP contribution < -0.4 is 5.32 Å². The summed E-state index contributed by atoms with van der Waals surface area (Å²) in [5.74, 6) is -0.399. The largest absolute Gasteiger partial charge is 0.478 e. The van der Waals surface area contributed by atoms with Crippen LogP contribution in [-0.4, -0.2) is 11.1 Å². The summed E-state index contributed by atoms with van der Waals surface area (Å²) in [6.45, 7) is 0.440. The lowest BCUT2D eigenvalue weighted by Gasteiger charge is -2.06. The second-order valence-electron chi connectivity index (χ2n) is 4.67. The summed E-state index contributed by atoms with van der Waals surface area (Å²) in [6, 6.07) is 13.7. The topological polar surface area (TPSA) is 62.5 Å². The van der Waals surface area contributed by atoms with Crippen molar-refractivity contribution in [3.05, 3.63) is 64.5 Å². The van der Waals surface area contributed by atoms with E-state index in [2.05, 4.69) is 27.3 Å². The van der Waals surface area contributed by atoms with E-state index in [0.29, 0.717) is 12.3 Å². The Morgan fingerprint density at radius 2 is 1.90 bits per heavy atom. The van der Waals surface area contributed by atoms with Gasteiger partial charge in [0.25, 0.3) is 0 Å². The van der Waals surface area contributed by atoms with Crippen LogP contribution in [0.4, 0.5) is 5.69 Å². The van der Waals surface area contributed by atoms with Gasteiger partial charge in [0.05, 0.1) is 12.1 Å². The van der Waals surface area contributed by atoms with Gasteiger partial charge in [-0.1, -0.05) is 28.1 Å². The molecule has 2 N–H and O–H groups in total. The van der Waals surface area contributed by atoms with Crippen molar-refractivity contribution in [1.82, 2.24) is 0 Å². The second-order valence-corrected chi connectivity index (χ2v) is 5.58. The molecule has 106 valence electrons. The van der Waals surface area contributed by atoms with Crippen molar-refractivity contribution in [1.29, 1.82) is 0 Å². The molecule has 3 rings (SSSR count). The highest BCUT2D eigenvalue weighted by Gasteiger charge is 2.07. The molecule has 0 fully saturated rings. The zero-order chi connectivity index (χ0) is 14.8. The van der Waals surface area contributed by atoms with Gasteiger partial charge in [-0.25, -0.2) is 4.79 Å². The molecule has 1 aromatic heterocycles. The maximum Gasteiger partial charge on any atom is 0.338 e. The molecule has 21 heavy (non-hydrogen) atoms. The van der Waals surface area contributed by atoms with E-state index in [-0.39, 0.29) is 5.56 Å². The number of anilines is 1. The predicted octanol–water partition coefficient (Wildman–Crippen LogP) is 4.51. The Hall–Kier alpha value is -2.27. The summed E-state index contributed by atoms with van der Waals surface area (Å²) in [5, 5.41) is 14.3. The monoisotopic (exact) mass is 345 g/mol. The lowest BCUT2D eigenvalue weighted by atomic mass is 10.1. The van der Waals surface area contributed by atoms with Gasteiger partial charge in [-0.15, -0.1) is 0 Å². The molecule has 0 bridgehead atoms. The minimum Gasteiger partial charge on any atom is -0.478 e. The van der Waals surface area contributed by atoms with Gasteiger partial charge in [0.15, 0.2) is 0 Å². The number of furan rings is 1. The summed E-state index contributed by atoms with van der Waals surface area (Å²) >= 11 is 3.45. The molecule has 0 amide bonds. The number of carbonyl (C=O) groups is 1. The molecule has 0 unspecified atom stereocenters. The number of rotatable bonds is 4. The van der Waals surface area contributed by atoms with Crippen molar-refractivity contribution >= 4 is 38.4 Å². The standard InChI is InChI=1S/C16H12BrNO3/c17-13-3-1-11-6-14(4-2-10(11)5-13)18-8-15-7-12(9-21-15)16(19)20/h1-7,9,18H,8H2,(H,19,20). The van der Waals surface area contributed by atoms with Gasteiger partial charge >= 0.3 is 5.97 Å². The van der Waals surface area contributed by atoms with Crippen LogP contribution in [0.3, 0.4) is 0 Å². The van der Waals surface area contributed by atoms with Crippen LogP contribution in [0.25, 0.3) is 10.8 Å². The Morgan fingerprint density at radius 3 is 2.67 bits per heavy atom. The van der Waals surface area contributed by atoms with Crippen LogP contribution in [0.2, 0.25) is 0 Å². The number of carboxylic acids is 1. The average Bonchev–Trinajstić information content (AvgIpc) is 2.94. The van der Waals surface area contributed by atoms with Crippen LogP contribution in [0, 0.1) is 0 Å². The zero-order valence-corrected chi connectivity index (χ0v) is 12.6. The first-order chi connectivity index (χ1) is 10.1. The molecule has 4 nitrogen and oxygen atoms in total. The Kier molecular flexibility index (Phi) is 3.66. The Bertz CT molecular complexity index is 810. The van der Waals surface area contributed by atoms with Crippen LogP contribution >= 0.6 is 15.9 Å². The lowest BCUT2D eigenvalue weighted by Crippen LogP contribution is -1.98. The molecule has 0 aliphatic carbocycles. The number of hydrogen-bond acceptors (Lipinski definition) is 3. The van der Waals surface area contributed by atoms with Crippen molar-refractivity contribution in [2.45, 2.75) is 6.54 Å². The third kappa shape index (κ3) is 3.08. The van der Waals surface area contributed by atoms with Crippen molar-refractivity contribution in [3.8, 4) is 0 Å². The van der Waals surface area contributed by atoms with E-state index in [9.17, 15) is 4.79 Å². The van der Waals surface area contributed by atoms with E-state index in [1.807, 2.05) is 30.3 Å². The van der Waals surface area contributed by atoms with Gasteiger partial charge in [-0.2, -0.15) is 0 Å². The molecule has 5 heteroatoms. The first-order valence-corrected chi connectivity index (χ1v) is 7.15. The Labute approximate surface area is 129 Å². The van der Waals surface area contributed by atoms with E-state index < -0.39 is 5.97 Å². The van der Waals surface area contributed by atoms with Gasteiger partial charge in [0.2, 0.25) is 0 Å². The predicted molar refractivity (Wildman–Crippen MR) is 84.6 cm³/mol. The summed E-state index contributed by atoms with van der Waals surface area (Å²) in [4.78, 5) is 10.8. The van der Waals surface area contributed by atoms with Crippen LogP contribution in [0.1, 0.15) is 16.1 Å². The first-order valence-electron chi connectivity index (χ1n) is 6.36. The summed E-state index contributed by atoms with van der Waals surface area (Å²) in [6.07, 6.45) is 1.25. The molecule has 0 spiro atoms. The maximum atomic E-state index is 10.8. The molecule has 0 saturated heterocycles. The van der Waals surface area contributed by atoms with Crippen molar-refractivity contribution in [3.63, 3.8) is 0 Å². The highest BCUT2D eigenvalue weighted by Crippen LogP contribution is 2.23. The highest BCUT2D eigenvalue weighted by molar-refractivity contribution is 9.10. The van der Waals surface area contributed by atoms with Gasteiger partial charge in [-0.05, 0) is 41.1 Å². The normalized spacial score (nSPS) is 10.7. The maximum absolute atomic E-state index is 10.8. The van der Waals surface area contributed by atoms with Gasteiger partial charge in [-0.3, -0.25) is 0 Å². The number of benzene rings is 2. The van der Waals surface area contributed by atoms with E-state index >= 15 is 0 Å². The van der Waals surface area contributed by atoms with E-state index in [1.54, 1.807) is 0 Å². The SMILES string of the molecule is O=C(O)c1coc(CNc2ccc3cc(Br)ccc3c2)c1. The van der Waals surface area contributed by atoms with E-state index in [0.717, 1.165) is 20.9 Å². The number of carboxylic acid groups (broad SMARTS) is 1. The summed E-state index contributed by atoms with van der Waals surface area (Å²) < 4.78 is 6.25. The second kappa shape index (κ2) is 5.61. The molecule has 2 aromatic carbocycles. The smallest absolute Gasteiger partial charge is 0.338 e. The Balaban J connectivity index is 1.75. The molecule has 3 aromatic rings.